The summed E-state index contributed by atoms with van der Waals surface area (Å²) in [5, 5.41) is 0. The zero-order chi connectivity index (χ0) is 10.6. The molecule has 0 aliphatic heterocycles. The summed E-state index contributed by atoms with van der Waals surface area (Å²) in [4.78, 5) is 20.5. The van der Waals surface area contributed by atoms with Crippen LogP contribution in [0.4, 0.5) is 0 Å². The van der Waals surface area contributed by atoms with Gasteiger partial charge in [0.05, 0.1) is 5.92 Å². The van der Waals surface area contributed by atoms with E-state index in [0.29, 0.717) is 0 Å². The second kappa shape index (κ2) is 9.98. The molecule has 0 heterocycles. The van der Waals surface area contributed by atoms with E-state index in [2.05, 4.69) is 18.8 Å². The summed E-state index contributed by atoms with van der Waals surface area (Å²) in [5.74, 6) is 5.35. The topological polar surface area (TPSA) is 34.1 Å². The number of unbranched alkanes of at least 4 members (excludes halogenated alkanes) is 4. The maximum absolute atomic E-state index is 10.4. The molecule has 0 aromatic heterocycles. The lowest BCUT2D eigenvalue weighted by molar-refractivity contribution is -0.114. The molecule has 0 N–H and O–H groups in total. The van der Waals surface area contributed by atoms with Crippen molar-refractivity contribution in [1.29, 1.82) is 0 Å². The van der Waals surface area contributed by atoms with Crippen LogP contribution in [0.25, 0.3) is 0 Å². The highest BCUT2D eigenvalue weighted by Gasteiger charge is 1.99. The van der Waals surface area contributed by atoms with Crippen molar-refractivity contribution in [1.82, 2.24) is 0 Å². The molecule has 0 radical (unpaired) electrons. The molecule has 1 atom stereocenters. The Kier molecular flexibility index (Phi) is 9.20. The molecular formula is C12H18O2. The molecule has 0 bridgehead atoms. The molecule has 0 aliphatic carbocycles. The van der Waals surface area contributed by atoms with E-state index in [1.165, 1.54) is 19.3 Å². The smallest absolute Gasteiger partial charge is 0.135 e. The highest BCUT2D eigenvalue weighted by Crippen LogP contribution is 2.01. The second-order valence-corrected chi connectivity index (χ2v) is 3.28. The highest BCUT2D eigenvalue weighted by molar-refractivity contribution is 5.65. The average molecular weight is 194 g/mol. The van der Waals surface area contributed by atoms with Gasteiger partial charge >= 0.3 is 0 Å². The molecule has 0 fully saturated rings. The Morgan fingerprint density at radius 1 is 1.21 bits per heavy atom. The average Bonchev–Trinajstić information content (AvgIpc) is 2.21. The van der Waals surface area contributed by atoms with E-state index in [9.17, 15) is 9.59 Å². The van der Waals surface area contributed by atoms with Gasteiger partial charge in [-0.3, -0.25) is 0 Å². The molecule has 1 unspecified atom stereocenters. The molecule has 0 saturated heterocycles. The van der Waals surface area contributed by atoms with E-state index >= 15 is 0 Å². The maximum atomic E-state index is 10.4. The van der Waals surface area contributed by atoms with Gasteiger partial charge < -0.3 is 9.59 Å². The fraction of sp³-hybridized carbons (Fsp3) is 0.667. The molecule has 78 valence electrons. The Bertz CT molecular complexity index is 210. The van der Waals surface area contributed by atoms with Crippen molar-refractivity contribution in [2.24, 2.45) is 5.92 Å². The quantitative estimate of drug-likeness (QED) is 0.354. The molecule has 0 spiro atoms. The summed E-state index contributed by atoms with van der Waals surface area (Å²) >= 11 is 0. The van der Waals surface area contributed by atoms with Crippen molar-refractivity contribution in [3.63, 3.8) is 0 Å². The van der Waals surface area contributed by atoms with Gasteiger partial charge in [0.1, 0.15) is 12.6 Å². The van der Waals surface area contributed by atoms with Crippen molar-refractivity contribution < 1.29 is 9.59 Å². The number of hydrogen-bond acceptors (Lipinski definition) is 2. The first-order valence-corrected chi connectivity index (χ1v) is 5.22. The zero-order valence-electron chi connectivity index (χ0n) is 8.79. The molecule has 2 heteroatoms. The minimum absolute atomic E-state index is 0.228. The molecule has 0 aromatic carbocycles. The van der Waals surface area contributed by atoms with E-state index in [-0.39, 0.29) is 6.42 Å². The Hall–Kier alpha value is -1.10. The van der Waals surface area contributed by atoms with Gasteiger partial charge in [0.2, 0.25) is 0 Å². The van der Waals surface area contributed by atoms with E-state index in [1.54, 1.807) is 0 Å². The number of hydrogen-bond donors (Lipinski definition) is 0. The molecule has 0 saturated carbocycles. The van der Waals surface area contributed by atoms with Crippen LogP contribution in [0, 0.1) is 17.8 Å². The van der Waals surface area contributed by atoms with Crippen molar-refractivity contribution >= 4 is 12.6 Å². The molecule has 0 rings (SSSR count). The minimum Gasteiger partial charge on any atom is -0.303 e. The van der Waals surface area contributed by atoms with Gasteiger partial charge in [-0.25, -0.2) is 0 Å². The van der Waals surface area contributed by atoms with Gasteiger partial charge in [-0.15, -0.1) is 5.92 Å². The third-order valence-electron chi connectivity index (χ3n) is 1.96. The predicted molar refractivity (Wildman–Crippen MR) is 56.8 cm³/mol. The largest absolute Gasteiger partial charge is 0.303 e. The highest BCUT2D eigenvalue weighted by atomic mass is 16.1. The van der Waals surface area contributed by atoms with Gasteiger partial charge in [0.25, 0.3) is 0 Å². The lowest BCUT2D eigenvalue weighted by Crippen LogP contribution is -1.98. The van der Waals surface area contributed by atoms with Crippen LogP contribution in [-0.2, 0) is 9.59 Å². The monoisotopic (exact) mass is 194 g/mol. The van der Waals surface area contributed by atoms with E-state index in [4.69, 9.17) is 0 Å². The number of rotatable bonds is 7. The standard InChI is InChI=1S/C12H18O2/c1-2-3-4-5-6-7-8-12(11-14)9-10-13/h10-12H,2-6,9H2,1H3. The second-order valence-electron chi connectivity index (χ2n) is 3.28. The minimum atomic E-state index is -0.390. The summed E-state index contributed by atoms with van der Waals surface area (Å²) in [6, 6.07) is 0. The van der Waals surface area contributed by atoms with Gasteiger partial charge in [-0.05, 0) is 6.42 Å². The Morgan fingerprint density at radius 3 is 2.57 bits per heavy atom. The first-order chi connectivity index (χ1) is 6.85. The van der Waals surface area contributed by atoms with E-state index in [1.807, 2.05) is 0 Å². The lowest BCUT2D eigenvalue weighted by Gasteiger charge is -1.94. The van der Waals surface area contributed by atoms with Crippen molar-refractivity contribution in [2.45, 2.75) is 45.4 Å². The van der Waals surface area contributed by atoms with Crippen LogP contribution in [0.1, 0.15) is 45.4 Å². The summed E-state index contributed by atoms with van der Waals surface area (Å²) < 4.78 is 0. The Morgan fingerprint density at radius 2 is 2.00 bits per heavy atom. The van der Waals surface area contributed by atoms with E-state index in [0.717, 1.165) is 25.4 Å². The fourth-order valence-corrected chi connectivity index (χ4v) is 1.10. The third-order valence-corrected chi connectivity index (χ3v) is 1.96. The van der Waals surface area contributed by atoms with Crippen LogP contribution in [0.2, 0.25) is 0 Å². The van der Waals surface area contributed by atoms with Gasteiger partial charge in [0.15, 0.2) is 0 Å². The summed E-state index contributed by atoms with van der Waals surface area (Å²) in [6.45, 7) is 2.16. The first kappa shape index (κ1) is 12.9. The van der Waals surface area contributed by atoms with Crippen molar-refractivity contribution in [3.05, 3.63) is 0 Å². The zero-order valence-corrected chi connectivity index (χ0v) is 8.79. The molecule has 0 aromatic rings. The molecule has 0 aliphatic rings. The van der Waals surface area contributed by atoms with E-state index < -0.39 is 5.92 Å². The van der Waals surface area contributed by atoms with Gasteiger partial charge in [0, 0.05) is 12.8 Å². The van der Waals surface area contributed by atoms with Crippen LogP contribution in [0.3, 0.4) is 0 Å². The van der Waals surface area contributed by atoms with Crippen LogP contribution >= 0.6 is 0 Å². The Labute approximate surface area is 86.1 Å². The number of carbonyl (C=O) groups excluding carboxylic acids is 2. The predicted octanol–water partition coefficient (Wildman–Crippen LogP) is 2.36. The Balaban J connectivity index is 3.56. The number of aldehydes is 2. The third kappa shape index (κ3) is 7.54. The number of carbonyl (C=O) groups is 2. The van der Waals surface area contributed by atoms with Crippen LogP contribution in [-0.4, -0.2) is 12.6 Å². The van der Waals surface area contributed by atoms with Gasteiger partial charge in [-0.2, -0.15) is 0 Å². The van der Waals surface area contributed by atoms with Crippen molar-refractivity contribution in [3.8, 4) is 11.8 Å². The lowest BCUT2D eigenvalue weighted by atomic mass is 10.1. The van der Waals surface area contributed by atoms with Gasteiger partial charge in [-0.1, -0.05) is 32.1 Å². The summed E-state index contributed by atoms with van der Waals surface area (Å²) in [5.41, 5.74) is 0. The molecular weight excluding hydrogens is 176 g/mol. The first-order valence-electron chi connectivity index (χ1n) is 5.22. The molecule has 14 heavy (non-hydrogen) atoms. The van der Waals surface area contributed by atoms with Crippen LogP contribution < -0.4 is 0 Å². The van der Waals surface area contributed by atoms with Crippen LogP contribution in [0.15, 0.2) is 0 Å². The SMILES string of the molecule is CCCCCCC#CC(C=O)CC=O. The summed E-state index contributed by atoms with van der Waals surface area (Å²) in [7, 11) is 0. The fourth-order valence-electron chi connectivity index (χ4n) is 1.10. The van der Waals surface area contributed by atoms with Crippen LogP contribution in [0.5, 0.6) is 0 Å². The van der Waals surface area contributed by atoms with Crippen molar-refractivity contribution in [2.75, 3.05) is 0 Å². The maximum Gasteiger partial charge on any atom is 0.135 e. The molecule has 2 nitrogen and oxygen atoms in total. The molecule has 0 amide bonds. The normalized spacial score (nSPS) is 11.2. The summed E-state index contributed by atoms with van der Waals surface area (Å²) in [6.07, 6.45) is 7.30.